The fourth-order valence-corrected chi connectivity index (χ4v) is 6.14. The van der Waals surface area contributed by atoms with Crippen molar-refractivity contribution >= 4 is 45.0 Å². The summed E-state index contributed by atoms with van der Waals surface area (Å²) in [5, 5.41) is 1.90. The smallest absolute Gasteiger partial charge is 0.416 e. The van der Waals surface area contributed by atoms with Crippen LogP contribution in [-0.2, 0) is 21.1 Å². The number of alkyl halides is 3. The molecule has 3 aromatic carbocycles. The summed E-state index contributed by atoms with van der Waals surface area (Å²) < 4.78 is 74.7. The summed E-state index contributed by atoms with van der Waals surface area (Å²) in [6.07, 6.45) is -3.10. The lowest BCUT2D eigenvalue weighted by atomic mass is 10.1. The second kappa shape index (κ2) is 12.5. The molecule has 9 nitrogen and oxygen atoms in total. The first kappa shape index (κ1) is 31.6. The van der Waals surface area contributed by atoms with Crippen molar-refractivity contribution in [3.8, 4) is 11.5 Å². The Labute approximate surface area is 249 Å². The molecule has 1 saturated heterocycles. The van der Waals surface area contributed by atoms with Gasteiger partial charge in [0.2, 0.25) is 0 Å². The summed E-state index contributed by atoms with van der Waals surface area (Å²) in [6.45, 7) is 3.12. The highest BCUT2D eigenvalue weighted by Gasteiger charge is 2.35. The number of hydrogen-bond donors (Lipinski definition) is 1. The first-order chi connectivity index (χ1) is 20.2. The van der Waals surface area contributed by atoms with E-state index in [9.17, 15) is 36.0 Å². The zero-order valence-corrected chi connectivity index (χ0v) is 24.7. The van der Waals surface area contributed by atoms with Crippen LogP contribution >= 0.6 is 11.8 Å². The average Bonchev–Trinajstić information content (AvgIpc) is 3.21. The molecule has 0 spiro atoms. The molecule has 0 bridgehead atoms. The number of aryl methyl sites for hydroxylation is 2. The van der Waals surface area contributed by atoms with Crippen LogP contribution in [0.5, 0.6) is 11.5 Å². The SMILES string of the molecule is COc1cc(/C=C2\SC(=O)N(CCNC(=O)c3ccc(C(F)(F)F)cc3)C2=O)ccc1OS(=O)(=O)c1cc(C)ccc1C. The Balaban J connectivity index is 1.41. The van der Waals surface area contributed by atoms with Crippen molar-refractivity contribution in [2.24, 2.45) is 0 Å². The highest BCUT2D eigenvalue weighted by Crippen LogP contribution is 2.36. The van der Waals surface area contributed by atoms with E-state index in [1.165, 1.54) is 37.5 Å². The Morgan fingerprint density at radius 1 is 1.00 bits per heavy atom. The van der Waals surface area contributed by atoms with E-state index in [-0.39, 0.29) is 40.0 Å². The fourth-order valence-electron chi connectivity index (χ4n) is 4.02. The lowest BCUT2D eigenvalue weighted by molar-refractivity contribution is -0.137. The Morgan fingerprint density at radius 2 is 1.70 bits per heavy atom. The number of rotatable bonds is 9. The van der Waals surface area contributed by atoms with Gasteiger partial charge in [-0.15, -0.1) is 0 Å². The molecule has 14 heteroatoms. The van der Waals surface area contributed by atoms with Crippen LogP contribution in [0.1, 0.15) is 32.6 Å². The molecule has 0 saturated carbocycles. The second-order valence-corrected chi connectivity index (χ2v) is 11.9. The maximum absolute atomic E-state index is 12.9. The fraction of sp³-hybridized carbons (Fsp3) is 0.207. The van der Waals surface area contributed by atoms with Crippen molar-refractivity contribution in [3.63, 3.8) is 0 Å². The van der Waals surface area contributed by atoms with Crippen molar-refractivity contribution in [2.45, 2.75) is 24.9 Å². The topological polar surface area (TPSA) is 119 Å². The van der Waals surface area contributed by atoms with Crippen LogP contribution in [-0.4, -0.2) is 50.6 Å². The standard InChI is InChI=1S/C29H25F3N2O7S2/c1-17-4-5-18(2)25(14-17)43(38,39)41-22-11-6-19(15-23(22)40-3)16-24-27(36)34(28(37)42-24)13-12-33-26(35)20-7-9-21(10-8-20)29(30,31)32/h4-11,14-16H,12-13H2,1-3H3,(H,33,35)/b24-16-. The van der Waals surface area contributed by atoms with Crippen molar-refractivity contribution in [1.29, 1.82) is 0 Å². The van der Waals surface area contributed by atoms with E-state index < -0.39 is 38.9 Å². The summed E-state index contributed by atoms with van der Waals surface area (Å²) in [4.78, 5) is 38.7. The number of nitrogens with one attached hydrogen (secondary N) is 1. The number of amides is 3. The molecule has 0 atom stereocenters. The van der Waals surface area contributed by atoms with Crippen LogP contribution in [0.4, 0.5) is 18.0 Å². The molecule has 1 aliphatic heterocycles. The number of ether oxygens (including phenoxy) is 1. The van der Waals surface area contributed by atoms with Gasteiger partial charge in [-0.2, -0.15) is 21.6 Å². The van der Waals surface area contributed by atoms with Crippen LogP contribution < -0.4 is 14.2 Å². The predicted octanol–water partition coefficient (Wildman–Crippen LogP) is 5.56. The number of halogens is 3. The maximum Gasteiger partial charge on any atom is 0.416 e. The molecule has 1 aliphatic rings. The van der Waals surface area contributed by atoms with Gasteiger partial charge in [0.15, 0.2) is 11.5 Å². The predicted molar refractivity (Wildman–Crippen MR) is 153 cm³/mol. The van der Waals surface area contributed by atoms with Gasteiger partial charge in [0, 0.05) is 18.7 Å². The van der Waals surface area contributed by atoms with Crippen molar-refractivity contribution in [3.05, 3.63) is 93.4 Å². The Kier molecular flexibility index (Phi) is 9.21. The van der Waals surface area contributed by atoms with Gasteiger partial charge in [-0.25, -0.2) is 0 Å². The number of benzene rings is 3. The van der Waals surface area contributed by atoms with E-state index in [2.05, 4.69) is 5.32 Å². The minimum atomic E-state index is -4.53. The van der Waals surface area contributed by atoms with Crippen molar-refractivity contribution in [2.75, 3.05) is 20.2 Å². The Hall–Kier alpha value is -4.30. The van der Waals surface area contributed by atoms with E-state index in [0.717, 1.165) is 34.7 Å². The van der Waals surface area contributed by atoms with Crippen LogP contribution in [0.2, 0.25) is 0 Å². The number of carbonyl (C=O) groups excluding carboxylic acids is 3. The first-order valence-electron chi connectivity index (χ1n) is 12.6. The Bertz CT molecular complexity index is 1720. The summed E-state index contributed by atoms with van der Waals surface area (Å²) in [6, 6.07) is 12.9. The molecule has 1 fully saturated rings. The first-order valence-corrected chi connectivity index (χ1v) is 14.8. The van der Waals surface area contributed by atoms with Crippen LogP contribution in [0, 0.1) is 13.8 Å². The van der Waals surface area contributed by atoms with Gasteiger partial charge in [-0.1, -0.05) is 18.2 Å². The van der Waals surface area contributed by atoms with Gasteiger partial charge in [0.05, 0.1) is 17.6 Å². The number of carbonyl (C=O) groups is 3. The van der Waals surface area contributed by atoms with Gasteiger partial charge in [0.25, 0.3) is 17.1 Å². The van der Waals surface area contributed by atoms with E-state index >= 15 is 0 Å². The van der Waals surface area contributed by atoms with Crippen LogP contribution in [0.3, 0.4) is 0 Å². The Morgan fingerprint density at radius 3 is 2.35 bits per heavy atom. The molecular formula is C29H25F3N2O7S2. The zero-order chi connectivity index (χ0) is 31.5. The third kappa shape index (κ3) is 7.38. The van der Waals surface area contributed by atoms with E-state index in [1.807, 2.05) is 0 Å². The number of thioether (sulfide) groups is 1. The summed E-state index contributed by atoms with van der Waals surface area (Å²) >= 11 is 0.675. The summed E-state index contributed by atoms with van der Waals surface area (Å²) in [7, 11) is -2.86. The monoisotopic (exact) mass is 634 g/mol. The maximum atomic E-state index is 12.9. The number of imide groups is 1. The lowest BCUT2D eigenvalue weighted by Crippen LogP contribution is -2.37. The minimum absolute atomic E-state index is 0.00905. The third-order valence-corrected chi connectivity index (χ3v) is 8.55. The molecule has 3 amide bonds. The van der Waals surface area contributed by atoms with Gasteiger partial charge in [-0.3, -0.25) is 19.3 Å². The molecule has 43 heavy (non-hydrogen) atoms. The molecule has 3 aromatic rings. The average molecular weight is 635 g/mol. The molecule has 0 radical (unpaired) electrons. The lowest BCUT2D eigenvalue weighted by Gasteiger charge is -2.14. The van der Waals surface area contributed by atoms with E-state index in [4.69, 9.17) is 8.92 Å². The van der Waals surface area contributed by atoms with Gasteiger partial charge >= 0.3 is 16.3 Å². The molecule has 0 aliphatic carbocycles. The molecule has 1 heterocycles. The van der Waals surface area contributed by atoms with Gasteiger partial charge in [-0.05, 0) is 90.8 Å². The van der Waals surface area contributed by atoms with Crippen LogP contribution in [0.25, 0.3) is 6.08 Å². The summed E-state index contributed by atoms with van der Waals surface area (Å²) in [5.41, 5.74) is 0.775. The normalized spacial score (nSPS) is 14.7. The molecule has 0 aromatic heterocycles. The molecule has 226 valence electrons. The second-order valence-electron chi connectivity index (χ2n) is 9.38. The minimum Gasteiger partial charge on any atom is -0.493 e. The molecule has 4 rings (SSSR count). The summed E-state index contributed by atoms with van der Waals surface area (Å²) in [5.74, 6) is -1.27. The molecular weight excluding hydrogens is 609 g/mol. The number of hydrogen-bond acceptors (Lipinski definition) is 8. The zero-order valence-electron chi connectivity index (χ0n) is 23.0. The van der Waals surface area contributed by atoms with Crippen molar-refractivity contribution < 1.29 is 44.9 Å². The number of methoxy groups -OCH3 is 1. The third-order valence-electron chi connectivity index (χ3n) is 6.27. The highest BCUT2D eigenvalue weighted by molar-refractivity contribution is 8.18. The van der Waals surface area contributed by atoms with Gasteiger partial charge < -0.3 is 14.2 Å². The van der Waals surface area contributed by atoms with Crippen molar-refractivity contribution in [1.82, 2.24) is 10.2 Å². The van der Waals surface area contributed by atoms with E-state index in [1.54, 1.807) is 26.0 Å². The van der Waals surface area contributed by atoms with Crippen LogP contribution in [0.15, 0.2) is 70.5 Å². The largest absolute Gasteiger partial charge is 0.493 e. The highest BCUT2D eigenvalue weighted by atomic mass is 32.2. The quantitative estimate of drug-likeness (QED) is 0.240. The molecule has 1 N–H and O–H groups in total. The van der Waals surface area contributed by atoms with E-state index in [0.29, 0.717) is 22.9 Å². The van der Waals surface area contributed by atoms with Gasteiger partial charge in [0.1, 0.15) is 4.90 Å². The molecule has 0 unspecified atom stereocenters. The number of nitrogens with zero attached hydrogens (tertiary/aromatic N) is 1.